The van der Waals surface area contributed by atoms with Gasteiger partial charge in [-0.05, 0) is 37.3 Å². The molecule has 2 aromatic rings. The van der Waals surface area contributed by atoms with Crippen LogP contribution in [-0.4, -0.2) is 17.6 Å². The maximum atomic E-state index is 11.6. The van der Waals surface area contributed by atoms with E-state index in [0.717, 1.165) is 4.90 Å². The number of halogens is 1. The predicted molar refractivity (Wildman–Crippen MR) is 80.2 cm³/mol. The van der Waals surface area contributed by atoms with Crippen molar-refractivity contribution in [2.75, 3.05) is 12.3 Å². The van der Waals surface area contributed by atoms with Gasteiger partial charge in [-0.2, -0.15) is 0 Å². The maximum Gasteiger partial charge on any atom is 0.338 e. The van der Waals surface area contributed by atoms with Crippen molar-refractivity contribution in [2.45, 2.75) is 16.8 Å². The number of anilines is 1. The summed E-state index contributed by atoms with van der Waals surface area (Å²) in [6.07, 6.45) is 1.66. The van der Waals surface area contributed by atoms with E-state index in [1.165, 1.54) is 11.8 Å². The Morgan fingerprint density at radius 3 is 2.90 bits per heavy atom. The van der Waals surface area contributed by atoms with Gasteiger partial charge in [0.25, 0.3) is 0 Å². The number of nitrogens with two attached hydrogens (primary N) is 1. The van der Waals surface area contributed by atoms with Crippen molar-refractivity contribution in [1.82, 2.24) is 4.98 Å². The van der Waals surface area contributed by atoms with Crippen molar-refractivity contribution in [3.05, 3.63) is 47.1 Å². The SMILES string of the molecule is CCOC(=O)c1ccc(Sc2ncccc2Cl)c(N)c1. The highest BCUT2D eigenvalue weighted by atomic mass is 35.5. The lowest BCUT2D eigenvalue weighted by molar-refractivity contribution is 0.0526. The number of nitrogens with zero attached hydrogens (tertiary/aromatic N) is 1. The maximum absolute atomic E-state index is 11.6. The van der Waals surface area contributed by atoms with E-state index in [-0.39, 0.29) is 5.97 Å². The number of carbonyl (C=O) groups excluding carboxylic acids is 1. The number of ether oxygens (including phenoxy) is 1. The summed E-state index contributed by atoms with van der Waals surface area (Å²) in [5.41, 5.74) is 6.87. The molecule has 20 heavy (non-hydrogen) atoms. The Labute approximate surface area is 126 Å². The van der Waals surface area contributed by atoms with E-state index in [1.54, 1.807) is 43.5 Å². The molecule has 1 heterocycles. The highest BCUT2D eigenvalue weighted by Crippen LogP contribution is 2.34. The van der Waals surface area contributed by atoms with Crippen molar-refractivity contribution >= 4 is 35.0 Å². The van der Waals surface area contributed by atoms with E-state index < -0.39 is 0 Å². The molecular weight excluding hydrogens is 296 g/mol. The molecule has 2 N–H and O–H groups in total. The van der Waals surface area contributed by atoms with Crippen LogP contribution in [0.1, 0.15) is 17.3 Å². The molecule has 0 aliphatic carbocycles. The zero-order valence-corrected chi connectivity index (χ0v) is 12.4. The molecule has 0 unspecified atom stereocenters. The smallest absolute Gasteiger partial charge is 0.338 e. The monoisotopic (exact) mass is 308 g/mol. The fourth-order valence-electron chi connectivity index (χ4n) is 1.53. The number of esters is 1. The number of hydrogen-bond acceptors (Lipinski definition) is 5. The van der Waals surface area contributed by atoms with Crippen molar-refractivity contribution in [2.24, 2.45) is 0 Å². The number of rotatable bonds is 4. The van der Waals surface area contributed by atoms with Crippen LogP contribution < -0.4 is 5.73 Å². The summed E-state index contributed by atoms with van der Waals surface area (Å²) in [7, 11) is 0. The zero-order chi connectivity index (χ0) is 14.5. The molecule has 0 aliphatic heterocycles. The molecule has 1 aromatic heterocycles. The molecule has 0 fully saturated rings. The normalized spacial score (nSPS) is 10.3. The molecule has 0 spiro atoms. The van der Waals surface area contributed by atoms with Crippen LogP contribution in [0.15, 0.2) is 46.5 Å². The Morgan fingerprint density at radius 2 is 2.25 bits per heavy atom. The van der Waals surface area contributed by atoms with Crippen LogP contribution in [0.5, 0.6) is 0 Å². The average Bonchev–Trinajstić information content (AvgIpc) is 2.43. The summed E-state index contributed by atoms with van der Waals surface area (Å²) in [6.45, 7) is 2.09. The summed E-state index contributed by atoms with van der Waals surface area (Å²) in [4.78, 5) is 16.6. The van der Waals surface area contributed by atoms with E-state index in [4.69, 9.17) is 22.1 Å². The first-order valence-corrected chi connectivity index (χ1v) is 7.16. The Hall–Kier alpha value is -1.72. The Morgan fingerprint density at radius 1 is 1.45 bits per heavy atom. The van der Waals surface area contributed by atoms with Gasteiger partial charge in [0, 0.05) is 16.8 Å². The Bertz CT molecular complexity index is 634. The van der Waals surface area contributed by atoms with E-state index >= 15 is 0 Å². The third-order valence-electron chi connectivity index (χ3n) is 2.45. The van der Waals surface area contributed by atoms with Gasteiger partial charge in [-0.15, -0.1) is 0 Å². The topological polar surface area (TPSA) is 65.2 Å². The van der Waals surface area contributed by atoms with Crippen molar-refractivity contribution < 1.29 is 9.53 Å². The van der Waals surface area contributed by atoms with Gasteiger partial charge in [-0.25, -0.2) is 9.78 Å². The second-order valence-corrected chi connectivity index (χ2v) is 5.30. The number of nitrogen functional groups attached to an aromatic ring is 1. The van der Waals surface area contributed by atoms with Gasteiger partial charge < -0.3 is 10.5 Å². The molecule has 4 nitrogen and oxygen atoms in total. The predicted octanol–water partition coefficient (Wildman–Crippen LogP) is 3.65. The van der Waals surface area contributed by atoms with Gasteiger partial charge in [0.05, 0.1) is 17.2 Å². The molecule has 104 valence electrons. The minimum absolute atomic E-state index is 0.332. The fraction of sp³-hybridized carbons (Fsp3) is 0.143. The quantitative estimate of drug-likeness (QED) is 0.690. The van der Waals surface area contributed by atoms with Gasteiger partial charge in [-0.3, -0.25) is 0 Å². The molecule has 2 rings (SSSR count). The second kappa shape index (κ2) is 6.63. The molecule has 0 saturated carbocycles. The Balaban J connectivity index is 2.22. The van der Waals surface area contributed by atoms with E-state index in [2.05, 4.69) is 4.98 Å². The van der Waals surface area contributed by atoms with Crippen LogP contribution in [0.3, 0.4) is 0 Å². The summed E-state index contributed by atoms with van der Waals surface area (Å²) in [6, 6.07) is 8.56. The molecular formula is C14H13ClN2O2S. The first-order valence-electron chi connectivity index (χ1n) is 5.97. The summed E-state index contributed by atoms with van der Waals surface area (Å²) < 4.78 is 4.93. The van der Waals surface area contributed by atoms with Crippen LogP contribution in [0.25, 0.3) is 0 Å². The molecule has 1 aromatic carbocycles. The van der Waals surface area contributed by atoms with Crippen LogP contribution >= 0.6 is 23.4 Å². The van der Waals surface area contributed by atoms with Crippen molar-refractivity contribution in [3.63, 3.8) is 0 Å². The lowest BCUT2D eigenvalue weighted by Gasteiger charge is -2.08. The molecule has 6 heteroatoms. The first kappa shape index (κ1) is 14.7. The van der Waals surface area contributed by atoms with Crippen molar-refractivity contribution in [1.29, 1.82) is 0 Å². The fourth-order valence-corrected chi connectivity index (χ4v) is 2.57. The van der Waals surface area contributed by atoms with Gasteiger partial charge in [-0.1, -0.05) is 23.4 Å². The zero-order valence-electron chi connectivity index (χ0n) is 10.8. The van der Waals surface area contributed by atoms with Gasteiger partial charge >= 0.3 is 5.97 Å². The Kier molecular flexibility index (Phi) is 4.87. The minimum Gasteiger partial charge on any atom is -0.462 e. The summed E-state index contributed by atoms with van der Waals surface area (Å²) in [5, 5.41) is 1.23. The van der Waals surface area contributed by atoms with Gasteiger partial charge in [0.2, 0.25) is 0 Å². The van der Waals surface area contributed by atoms with Crippen LogP contribution in [0, 0.1) is 0 Å². The van der Waals surface area contributed by atoms with Crippen LogP contribution in [0.2, 0.25) is 5.02 Å². The first-order chi connectivity index (χ1) is 9.61. The molecule has 0 radical (unpaired) electrons. The standard InChI is InChI=1S/C14H13ClN2O2S/c1-2-19-14(18)9-5-6-12(11(16)8-9)20-13-10(15)4-3-7-17-13/h3-8H,2,16H2,1H3. The van der Waals surface area contributed by atoms with Crippen LogP contribution in [0.4, 0.5) is 5.69 Å². The second-order valence-electron chi connectivity index (χ2n) is 3.87. The molecule has 0 atom stereocenters. The number of carbonyl (C=O) groups is 1. The third-order valence-corrected chi connectivity index (χ3v) is 3.98. The van der Waals surface area contributed by atoms with E-state index in [1.807, 2.05) is 0 Å². The largest absolute Gasteiger partial charge is 0.462 e. The number of pyridine rings is 1. The minimum atomic E-state index is -0.383. The third kappa shape index (κ3) is 3.43. The molecule has 0 aliphatic rings. The highest BCUT2D eigenvalue weighted by Gasteiger charge is 2.11. The summed E-state index contributed by atoms with van der Waals surface area (Å²) >= 11 is 7.41. The molecule has 0 bridgehead atoms. The number of aromatic nitrogens is 1. The lowest BCUT2D eigenvalue weighted by Crippen LogP contribution is -2.05. The number of hydrogen-bond donors (Lipinski definition) is 1. The van der Waals surface area contributed by atoms with Gasteiger partial charge in [0.15, 0.2) is 0 Å². The van der Waals surface area contributed by atoms with Crippen LogP contribution in [-0.2, 0) is 4.74 Å². The lowest BCUT2D eigenvalue weighted by atomic mass is 10.2. The van der Waals surface area contributed by atoms with Gasteiger partial charge in [0.1, 0.15) is 5.03 Å². The molecule has 0 saturated heterocycles. The summed E-state index contributed by atoms with van der Waals surface area (Å²) in [5.74, 6) is -0.383. The molecule has 0 amide bonds. The van der Waals surface area contributed by atoms with Crippen molar-refractivity contribution in [3.8, 4) is 0 Å². The average molecular weight is 309 g/mol. The highest BCUT2D eigenvalue weighted by molar-refractivity contribution is 7.99. The van der Waals surface area contributed by atoms with E-state index in [9.17, 15) is 4.79 Å². The number of benzene rings is 1. The van der Waals surface area contributed by atoms with E-state index in [0.29, 0.717) is 27.9 Å².